The number of hydrogen-bond donors (Lipinski definition) is 0. The topological polar surface area (TPSA) is 36.3 Å². The molecule has 0 radical (unpaired) electrons. The molecule has 0 aliphatic carbocycles. The van der Waals surface area contributed by atoms with Crippen LogP contribution in [0.2, 0.25) is 0 Å². The van der Waals surface area contributed by atoms with Crippen molar-refractivity contribution < 1.29 is 9.13 Å². The van der Waals surface area contributed by atoms with E-state index in [2.05, 4.69) is 6.07 Å². The molecule has 0 bridgehead atoms. The molecule has 0 aliphatic heterocycles. The minimum Gasteiger partial charge on any atom is -0.494 e. The van der Waals surface area contributed by atoms with Gasteiger partial charge in [-0.05, 0) is 13.1 Å². The zero-order chi connectivity index (χ0) is 12.0. The number of rotatable bonds is 5. The minimum atomic E-state index is -0.325. The van der Waals surface area contributed by atoms with E-state index in [1.165, 1.54) is 7.11 Å². The predicted molar refractivity (Wildman–Crippen MR) is 59.5 cm³/mol. The number of methoxy groups -OCH3 is 1. The van der Waals surface area contributed by atoms with Crippen molar-refractivity contribution in [3.05, 3.63) is 29.6 Å². The molecule has 0 aromatic heterocycles. The third kappa shape index (κ3) is 3.21. The normalized spacial score (nSPS) is 10.2. The number of hydrogen-bond acceptors (Lipinski definition) is 3. The Kier molecular flexibility index (Phi) is 4.74. The highest BCUT2D eigenvalue weighted by atomic mass is 19.1. The van der Waals surface area contributed by atoms with Crippen molar-refractivity contribution in [2.45, 2.75) is 13.0 Å². The standard InChI is InChI=1S/C12H15FN2O/c1-15(8-4-7-14)9-10-5-3-6-11(16-2)12(10)13/h3,5-6H,4,8-9H2,1-2H3. The summed E-state index contributed by atoms with van der Waals surface area (Å²) >= 11 is 0. The molecule has 0 N–H and O–H groups in total. The number of nitrogens with zero attached hydrogens (tertiary/aromatic N) is 2. The van der Waals surface area contributed by atoms with Gasteiger partial charge in [-0.2, -0.15) is 5.26 Å². The first-order valence-corrected chi connectivity index (χ1v) is 5.06. The van der Waals surface area contributed by atoms with E-state index >= 15 is 0 Å². The van der Waals surface area contributed by atoms with Crippen LogP contribution >= 0.6 is 0 Å². The number of halogens is 1. The molecule has 0 fully saturated rings. The molecule has 0 heterocycles. The fourth-order valence-electron chi connectivity index (χ4n) is 1.45. The summed E-state index contributed by atoms with van der Waals surface area (Å²) in [7, 11) is 3.30. The molecule has 0 unspecified atom stereocenters. The number of ether oxygens (including phenoxy) is 1. The van der Waals surface area contributed by atoms with Crippen LogP contribution in [0.25, 0.3) is 0 Å². The molecule has 0 atom stereocenters. The van der Waals surface area contributed by atoms with Crippen molar-refractivity contribution >= 4 is 0 Å². The van der Waals surface area contributed by atoms with E-state index in [0.717, 1.165) is 0 Å². The van der Waals surface area contributed by atoms with Gasteiger partial charge in [-0.15, -0.1) is 0 Å². The lowest BCUT2D eigenvalue weighted by atomic mass is 10.2. The second-order valence-corrected chi connectivity index (χ2v) is 3.58. The molecular weight excluding hydrogens is 207 g/mol. The Morgan fingerprint density at radius 3 is 2.88 bits per heavy atom. The molecule has 86 valence electrons. The van der Waals surface area contributed by atoms with Crippen molar-refractivity contribution in [3.8, 4) is 11.8 Å². The van der Waals surface area contributed by atoms with Crippen LogP contribution in [0.4, 0.5) is 4.39 Å². The lowest BCUT2D eigenvalue weighted by Gasteiger charge is -2.16. The van der Waals surface area contributed by atoms with E-state index in [0.29, 0.717) is 25.1 Å². The Morgan fingerprint density at radius 2 is 2.25 bits per heavy atom. The van der Waals surface area contributed by atoms with Crippen LogP contribution in [-0.4, -0.2) is 25.6 Å². The van der Waals surface area contributed by atoms with Gasteiger partial charge in [-0.3, -0.25) is 0 Å². The molecule has 0 saturated carbocycles. The van der Waals surface area contributed by atoms with E-state index in [9.17, 15) is 4.39 Å². The molecule has 3 nitrogen and oxygen atoms in total. The van der Waals surface area contributed by atoms with Gasteiger partial charge in [0.2, 0.25) is 0 Å². The third-order valence-corrected chi connectivity index (χ3v) is 2.31. The summed E-state index contributed by atoms with van der Waals surface area (Å²) in [4.78, 5) is 1.90. The molecule has 1 aromatic carbocycles. The maximum absolute atomic E-state index is 13.7. The predicted octanol–water partition coefficient (Wildman–Crippen LogP) is 2.18. The van der Waals surface area contributed by atoms with Gasteiger partial charge >= 0.3 is 0 Å². The fraction of sp³-hybridized carbons (Fsp3) is 0.417. The maximum Gasteiger partial charge on any atom is 0.169 e. The van der Waals surface area contributed by atoms with Crippen molar-refractivity contribution in [1.29, 1.82) is 5.26 Å². The lowest BCUT2D eigenvalue weighted by Crippen LogP contribution is -2.19. The summed E-state index contributed by atoms with van der Waals surface area (Å²) in [5, 5.41) is 8.45. The Balaban J connectivity index is 2.70. The summed E-state index contributed by atoms with van der Waals surface area (Å²) in [6, 6.07) is 7.14. The summed E-state index contributed by atoms with van der Waals surface area (Å²) in [5.41, 5.74) is 0.583. The van der Waals surface area contributed by atoms with Crippen molar-refractivity contribution in [3.63, 3.8) is 0 Å². The van der Waals surface area contributed by atoms with Gasteiger partial charge in [0.1, 0.15) is 0 Å². The smallest absolute Gasteiger partial charge is 0.169 e. The first kappa shape index (κ1) is 12.5. The summed E-state index contributed by atoms with van der Waals surface area (Å²) in [6.45, 7) is 1.11. The molecule has 0 aliphatic rings. The van der Waals surface area contributed by atoms with Gasteiger partial charge in [-0.1, -0.05) is 12.1 Å². The van der Waals surface area contributed by atoms with E-state index in [4.69, 9.17) is 10.00 Å². The Hall–Kier alpha value is -1.60. The quantitative estimate of drug-likeness (QED) is 0.766. The molecule has 1 aromatic rings. The highest BCUT2D eigenvalue weighted by molar-refractivity contribution is 5.30. The van der Waals surface area contributed by atoms with Gasteiger partial charge in [0, 0.05) is 25.1 Å². The van der Waals surface area contributed by atoms with Gasteiger partial charge in [-0.25, -0.2) is 4.39 Å². The highest BCUT2D eigenvalue weighted by Gasteiger charge is 2.09. The number of benzene rings is 1. The summed E-state index contributed by atoms with van der Waals surface area (Å²) < 4.78 is 18.6. The second kappa shape index (κ2) is 6.09. The molecule has 4 heteroatoms. The Morgan fingerprint density at radius 1 is 1.50 bits per heavy atom. The molecule has 0 spiro atoms. The first-order chi connectivity index (χ1) is 7.69. The Bertz CT molecular complexity index is 387. The SMILES string of the molecule is COc1cccc(CN(C)CCC#N)c1F. The highest BCUT2D eigenvalue weighted by Crippen LogP contribution is 2.20. The lowest BCUT2D eigenvalue weighted by molar-refractivity contribution is 0.323. The van der Waals surface area contributed by atoms with Crippen LogP contribution < -0.4 is 4.74 Å². The van der Waals surface area contributed by atoms with Gasteiger partial charge in [0.05, 0.1) is 13.2 Å². The van der Waals surface area contributed by atoms with E-state index in [1.54, 1.807) is 18.2 Å². The monoisotopic (exact) mass is 222 g/mol. The van der Waals surface area contributed by atoms with Crippen LogP contribution in [0.15, 0.2) is 18.2 Å². The maximum atomic E-state index is 13.7. The number of nitriles is 1. The largest absolute Gasteiger partial charge is 0.494 e. The van der Waals surface area contributed by atoms with Gasteiger partial charge < -0.3 is 9.64 Å². The van der Waals surface area contributed by atoms with Crippen molar-refractivity contribution in [2.24, 2.45) is 0 Å². The zero-order valence-electron chi connectivity index (χ0n) is 9.53. The van der Waals surface area contributed by atoms with Gasteiger partial charge in [0.25, 0.3) is 0 Å². The Labute approximate surface area is 95.1 Å². The van der Waals surface area contributed by atoms with E-state index in [-0.39, 0.29) is 11.6 Å². The molecule has 0 amide bonds. The molecule has 0 saturated heterocycles. The van der Waals surface area contributed by atoms with Gasteiger partial charge in [0.15, 0.2) is 11.6 Å². The third-order valence-electron chi connectivity index (χ3n) is 2.31. The van der Waals surface area contributed by atoms with Crippen LogP contribution in [0, 0.1) is 17.1 Å². The van der Waals surface area contributed by atoms with Crippen LogP contribution in [-0.2, 0) is 6.54 Å². The first-order valence-electron chi connectivity index (χ1n) is 5.06. The second-order valence-electron chi connectivity index (χ2n) is 3.58. The van der Waals surface area contributed by atoms with Crippen LogP contribution in [0.3, 0.4) is 0 Å². The average molecular weight is 222 g/mol. The van der Waals surface area contributed by atoms with Crippen LogP contribution in [0.1, 0.15) is 12.0 Å². The summed E-state index contributed by atoms with van der Waals surface area (Å²) in [6.07, 6.45) is 0.447. The molecule has 16 heavy (non-hydrogen) atoms. The molecular formula is C12H15FN2O. The zero-order valence-corrected chi connectivity index (χ0v) is 9.53. The average Bonchev–Trinajstić information content (AvgIpc) is 2.29. The fourth-order valence-corrected chi connectivity index (χ4v) is 1.45. The van der Waals surface area contributed by atoms with E-state index < -0.39 is 0 Å². The van der Waals surface area contributed by atoms with E-state index in [1.807, 2.05) is 11.9 Å². The van der Waals surface area contributed by atoms with Crippen molar-refractivity contribution in [2.75, 3.05) is 20.7 Å². The minimum absolute atomic E-state index is 0.256. The molecule has 1 rings (SSSR count). The summed E-state index contributed by atoms with van der Waals surface area (Å²) in [5.74, 6) is -0.0695. The van der Waals surface area contributed by atoms with Crippen LogP contribution in [0.5, 0.6) is 5.75 Å². The van der Waals surface area contributed by atoms with Crippen molar-refractivity contribution in [1.82, 2.24) is 4.90 Å².